The molecule has 0 heterocycles. The molecule has 0 aliphatic carbocycles. The number of allylic oxidation sites excluding steroid dienone is 1. The van der Waals surface area contributed by atoms with E-state index in [-0.39, 0.29) is 16.3 Å². The Balaban J connectivity index is 2.37. The van der Waals surface area contributed by atoms with Gasteiger partial charge in [0.05, 0.1) is 10.7 Å². The van der Waals surface area contributed by atoms with Crippen LogP contribution in [0.2, 0.25) is 0 Å². The van der Waals surface area contributed by atoms with E-state index in [1.807, 2.05) is 6.08 Å². The molecule has 0 aliphatic rings. The maximum absolute atomic E-state index is 12.3. The lowest BCUT2D eigenvalue weighted by Gasteiger charge is -2.05. The number of hydrogen-bond acceptors (Lipinski definition) is 4. The van der Waals surface area contributed by atoms with Gasteiger partial charge in [-0.3, -0.25) is 10.1 Å². The van der Waals surface area contributed by atoms with Gasteiger partial charge in [0.15, 0.2) is 9.84 Å². The highest BCUT2D eigenvalue weighted by Gasteiger charge is 2.24. The fourth-order valence-electron chi connectivity index (χ4n) is 2.45. The fourth-order valence-corrected chi connectivity index (χ4v) is 4.00. The van der Waals surface area contributed by atoms with Crippen LogP contribution in [-0.2, 0) is 9.84 Å². The van der Waals surface area contributed by atoms with Crippen LogP contribution in [0.5, 0.6) is 0 Å². The molecule has 0 unspecified atom stereocenters. The van der Waals surface area contributed by atoms with Crippen molar-refractivity contribution in [3.05, 3.63) is 47.0 Å². The summed E-state index contributed by atoms with van der Waals surface area (Å²) in [5.74, 6) is -0.0334. The van der Waals surface area contributed by atoms with Crippen molar-refractivity contribution < 1.29 is 13.3 Å². The zero-order valence-corrected chi connectivity index (χ0v) is 14.3. The number of nitro benzene ring substituents is 1. The molecule has 0 saturated heterocycles. The van der Waals surface area contributed by atoms with E-state index in [1.165, 1.54) is 30.7 Å². The Labute approximate surface area is 138 Å². The number of para-hydroxylation sites is 1. The first-order chi connectivity index (χ1) is 11.0. The lowest BCUT2D eigenvalue weighted by atomic mass is 10.1. The van der Waals surface area contributed by atoms with Crippen molar-refractivity contribution in [2.24, 2.45) is 0 Å². The zero-order valence-electron chi connectivity index (χ0n) is 13.4. The molecule has 0 fully saturated rings. The van der Waals surface area contributed by atoms with Gasteiger partial charge >= 0.3 is 0 Å². The standard InChI is InChI=1S/C17H25NO4S/c1-2-3-4-5-6-7-8-9-12-15-23(21,22)17-14-11-10-13-16(17)18(19)20/h2,10-11,13-14H,1,3-9,12,15H2. The lowest BCUT2D eigenvalue weighted by molar-refractivity contribution is -0.387. The minimum Gasteiger partial charge on any atom is -0.258 e. The van der Waals surface area contributed by atoms with Crippen LogP contribution >= 0.6 is 0 Å². The summed E-state index contributed by atoms with van der Waals surface area (Å²) in [5.41, 5.74) is -0.338. The second-order valence-corrected chi connectivity index (χ2v) is 7.67. The first-order valence-electron chi connectivity index (χ1n) is 8.06. The Hall–Kier alpha value is -1.69. The van der Waals surface area contributed by atoms with Crippen molar-refractivity contribution in [3.8, 4) is 0 Å². The largest absolute Gasteiger partial charge is 0.287 e. The van der Waals surface area contributed by atoms with Gasteiger partial charge < -0.3 is 0 Å². The van der Waals surface area contributed by atoms with Gasteiger partial charge in [0, 0.05) is 6.07 Å². The third kappa shape index (κ3) is 6.95. The molecular weight excluding hydrogens is 314 g/mol. The third-order valence-corrected chi connectivity index (χ3v) is 5.56. The van der Waals surface area contributed by atoms with E-state index in [0.717, 1.165) is 38.5 Å². The number of benzene rings is 1. The van der Waals surface area contributed by atoms with E-state index in [1.54, 1.807) is 0 Å². The summed E-state index contributed by atoms with van der Waals surface area (Å²) in [6.07, 6.45) is 9.95. The Morgan fingerprint density at radius 3 is 2.17 bits per heavy atom. The maximum atomic E-state index is 12.3. The second-order valence-electron chi connectivity index (χ2n) is 5.60. The van der Waals surface area contributed by atoms with Crippen molar-refractivity contribution in [1.82, 2.24) is 0 Å². The molecule has 1 aromatic rings. The Bertz CT molecular complexity index is 611. The molecule has 128 valence electrons. The molecular formula is C17H25NO4S. The van der Waals surface area contributed by atoms with Gasteiger partial charge in [0.1, 0.15) is 4.90 Å². The molecule has 6 heteroatoms. The number of sulfone groups is 1. The number of hydrogen-bond donors (Lipinski definition) is 0. The van der Waals surface area contributed by atoms with Crippen LogP contribution in [0.3, 0.4) is 0 Å². The van der Waals surface area contributed by atoms with Gasteiger partial charge in [-0.25, -0.2) is 8.42 Å². The number of nitro groups is 1. The summed E-state index contributed by atoms with van der Waals surface area (Å²) in [5, 5.41) is 10.9. The lowest BCUT2D eigenvalue weighted by Crippen LogP contribution is -2.09. The minimum atomic E-state index is -3.59. The van der Waals surface area contributed by atoms with Gasteiger partial charge in [0.2, 0.25) is 0 Å². The van der Waals surface area contributed by atoms with Crippen molar-refractivity contribution in [1.29, 1.82) is 0 Å². The predicted octanol–water partition coefficient (Wildman–Crippen LogP) is 4.68. The molecule has 5 nitrogen and oxygen atoms in total. The Morgan fingerprint density at radius 1 is 1.00 bits per heavy atom. The Kier molecular flexibility index (Phi) is 8.55. The molecule has 1 aromatic carbocycles. The summed E-state index contributed by atoms with van der Waals surface area (Å²) >= 11 is 0. The molecule has 0 aromatic heterocycles. The first kappa shape index (κ1) is 19.4. The molecule has 0 saturated carbocycles. The maximum Gasteiger partial charge on any atom is 0.287 e. The molecule has 0 aliphatic heterocycles. The van der Waals surface area contributed by atoms with Crippen molar-refractivity contribution in [2.45, 2.75) is 56.3 Å². The average Bonchev–Trinajstić information content (AvgIpc) is 2.53. The van der Waals surface area contributed by atoms with Gasteiger partial charge in [-0.1, -0.05) is 50.3 Å². The van der Waals surface area contributed by atoms with Gasteiger partial charge in [-0.15, -0.1) is 6.58 Å². The average molecular weight is 339 g/mol. The summed E-state index contributed by atoms with van der Waals surface area (Å²) in [7, 11) is -3.59. The molecule has 0 spiro atoms. The number of nitrogens with zero attached hydrogens (tertiary/aromatic N) is 1. The zero-order chi connectivity index (χ0) is 17.1. The van der Waals surface area contributed by atoms with E-state index < -0.39 is 14.8 Å². The second kappa shape index (κ2) is 10.2. The highest BCUT2D eigenvalue weighted by atomic mass is 32.2. The summed E-state index contributed by atoms with van der Waals surface area (Å²) in [4.78, 5) is 10.1. The van der Waals surface area contributed by atoms with Crippen LogP contribution in [0, 0.1) is 10.1 Å². The smallest absolute Gasteiger partial charge is 0.258 e. The highest BCUT2D eigenvalue weighted by Crippen LogP contribution is 2.24. The first-order valence-corrected chi connectivity index (χ1v) is 9.71. The van der Waals surface area contributed by atoms with Gasteiger partial charge in [-0.05, 0) is 25.3 Å². The fraction of sp³-hybridized carbons (Fsp3) is 0.529. The van der Waals surface area contributed by atoms with Crippen LogP contribution in [-0.4, -0.2) is 19.1 Å². The Morgan fingerprint density at radius 2 is 1.57 bits per heavy atom. The molecule has 0 N–H and O–H groups in total. The predicted molar refractivity (Wildman–Crippen MR) is 92.3 cm³/mol. The SMILES string of the molecule is C=CCCCCCCCCCS(=O)(=O)c1ccccc1[N+](=O)[O-]. The van der Waals surface area contributed by atoms with Crippen LogP contribution in [0.15, 0.2) is 41.8 Å². The molecule has 0 amide bonds. The van der Waals surface area contributed by atoms with Crippen molar-refractivity contribution in [3.63, 3.8) is 0 Å². The van der Waals surface area contributed by atoms with E-state index in [4.69, 9.17) is 0 Å². The van der Waals surface area contributed by atoms with Crippen LogP contribution in [0.1, 0.15) is 51.4 Å². The summed E-state index contributed by atoms with van der Waals surface area (Å²) < 4.78 is 24.5. The van der Waals surface area contributed by atoms with Crippen LogP contribution < -0.4 is 0 Å². The van der Waals surface area contributed by atoms with E-state index >= 15 is 0 Å². The topological polar surface area (TPSA) is 77.3 Å². The number of unbranched alkanes of at least 4 members (excludes halogenated alkanes) is 7. The van der Waals surface area contributed by atoms with Gasteiger partial charge in [-0.2, -0.15) is 0 Å². The monoisotopic (exact) mass is 339 g/mol. The van der Waals surface area contributed by atoms with Crippen LogP contribution in [0.4, 0.5) is 5.69 Å². The normalized spacial score (nSPS) is 11.3. The van der Waals surface area contributed by atoms with E-state index in [2.05, 4.69) is 6.58 Å². The molecule has 0 atom stereocenters. The van der Waals surface area contributed by atoms with Crippen LogP contribution in [0.25, 0.3) is 0 Å². The molecule has 1 rings (SSSR count). The van der Waals surface area contributed by atoms with Crippen molar-refractivity contribution in [2.75, 3.05) is 5.75 Å². The molecule has 0 radical (unpaired) electrons. The van der Waals surface area contributed by atoms with E-state index in [0.29, 0.717) is 6.42 Å². The van der Waals surface area contributed by atoms with Crippen molar-refractivity contribution >= 4 is 15.5 Å². The highest BCUT2D eigenvalue weighted by molar-refractivity contribution is 7.91. The number of rotatable bonds is 12. The van der Waals surface area contributed by atoms with Gasteiger partial charge in [0.25, 0.3) is 5.69 Å². The third-order valence-electron chi connectivity index (χ3n) is 3.72. The molecule has 23 heavy (non-hydrogen) atoms. The molecule has 0 bridgehead atoms. The van der Waals surface area contributed by atoms with E-state index in [9.17, 15) is 18.5 Å². The summed E-state index contributed by atoms with van der Waals surface area (Å²) in [6.45, 7) is 3.68. The summed E-state index contributed by atoms with van der Waals surface area (Å²) in [6, 6.07) is 5.54. The minimum absolute atomic E-state index is 0.0334. The quantitative estimate of drug-likeness (QED) is 0.240.